The molecule has 0 aromatic heterocycles. The number of ether oxygens (including phenoxy) is 2. The van der Waals surface area contributed by atoms with E-state index in [1.807, 2.05) is 6.07 Å². The summed E-state index contributed by atoms with van der Waals surface area (Å²) in [5.74, 6) is -4.93. The first-order chi connectivity index (χ1) is 11.9. The second-order valence-corrected chi connectivity index (χ2v) is 6.25. The lowest BCUT2D eigenvalue weighted by Crippen LogP contribution is -2.48. The van der Waals surface area contributed by atoms with Gasteiger partial charge in [-0.3, -0.25) is 10.1 Å². The summed E-state index contributed by atoms with van der Waals surface area (Å²) in [5, 5.41) is 22.8. The van der Waals surface area contributed by atoms with Gasteiger partial charge in [0.25, 0.3) is 11.6 Å². The third kappa shape index (κ3) is 3.55. The number of nitrogens with one attached hydrogen (secondary N) is 1. The van der Waals surface area contributed by atoms with E-state index in [1.165, 1.54) is 18.2 Å². The molecule has 1 aliphatic carbocycles. The summed E-state index contributed by atoms with van der Waals surface area (Å²) >= 11 is 0. The van der Waals surface area contributed by atoms with E-state index in [0.29, 0.717) is 13.2 Å². The van der Waals surface area contributed by atoms with E-state index in [2.05, 4.69) is 5.32 Å². The molecule has 0 bridgehead atoms. The van der Waals surface area contributed by atoms with Crippen LogP contribution in [0.4, 0.5) is 20.2 Å². The highest BCUT2D eigenvalue weighted by Crippen LogP contribution is 2.46. The zero-order valence-corrected chi connectivity index (χ0v) is 13.3. The monoisotopic (exact) mass is 353 g/mol. The number of nitrogens with zero attached hydrogens (tertiary/aromatic N) is 2. The number of rotatable bonds is 4. The number of non-ortho nitro benzene ring substituents is 1. The van der Waals surface area contributed by atoms with Crippen LogP contribution < -0.4 is 5.32 Å². The molecule has 1 saturated carbocycles. The fourth-order valence-electron chi connectivity index (χ4n) is 3.29. The number of halogens is 2. The number of alkyl halides is 2. The van der Waals surface area contributed by atoms with Crippen molar-refractivity contribution >= 4 is 11.4 Å². The van der Waals surface area contributed by atoms with E-state index in [9.17, 15) is 18.9 Å². The summed E-state index contributed by atoms with van der Waals surface area (Å²) in [7, 11) is 0. The Labute approximate surface area is 142 Å². The van der Waals surface area contributed by atoms with Gasteiger partial charge in [-0.15, -0.1) is 0 Å². The molecule has 2 fully saturated rings. The second kappa shape index (κ2) is 6.54. The number of hydrogen-bond acceptors (Lipinski definition) is 6. The van der Waals surface area contributed by atoms with Gasteiger partial charge in [-0.2, -0.15) is 5.26 Å². The van der Waals surface area contributed by atoms with Crippen LogP contribution in [0.2, 0.25) is 0 Å². The quantitative estimate of drug-likeness (QED) is 0.660. The van der Waals surface area contributed by atoms with Gasteiger partial charge < -0.3 is 14.8 Å². The molecule has 1 unspecified atom stereocenters. The first-order valence-corrected chi connectivity index (χ1v) is 7.93. The molecule has 1 heterocycles. The first kappa shape index (κ1) is 17.5. The van der Waals surface area contributed by atoms with Crippen molar-refractivity contribution in [3.63, 3.8) is 0 Å². The third-order valence-electron chi connectivity index (χ3n) is 4.68. The Bertz CT molecular complexity index is 714. The van der Waals surface area contributed by atoms with Gasteiger partial charge in [0.2, 0.25) is 0 Å². The van der Waals surface area contributed by atoms with Crippen LogP contribution in [0.5, 0.6) is 0 Å². The Morgan fingerprint density at radius 2 is 2.08 bits per heavy atom. The topological polar surface area (TPSA) is 97.4 Å². The minimum absolute atomic E-state index is 0.0316. The molecule has 25 heavy (non-hydrogen) atoms. The Morgan fingerprint density at radius 3 is 2.72 bits per heavy atom. The second-order valence-electron chi connectivity index (χ2n) is 6.25. The van der Waals surface area contributed by atoms with Gasteiger partial charge in [0.05, 0.1) is 29.4 Å². The molecule has 1 spiro atoms. The van der Waals surface area contributed by atoms with Crippen molar-refractivity contribution in [2.24, 2.45) is 5.92 Å². The summed E-state index contributed by atoms with van der Waals surface area (Å²) < 4.78 is 39.6. The molecule has 0 radical (unpaired) electrons. The van der Waals surface area contributed by atoms with E-state index >= 15 is 0 Å². The number of anilines is 1. The smallest absolute Gasteiger partial charge is 0.271 e. The number of benzene rings is 1. The van der Waals surface area contributed by atoms with E-state index in [0.717, 1.165) is 0 Å². The number of nitro groups is 1. The van der Waals surface area contributed by atoms with Gasteiger partial charge in [0.1, 0.15) is 6.07 Å². The molecule has 1 aliphatic heterocycles. The molecular formula is C16H17F2N3O4. The normalized spacial score (nSPS) is 24.0. The van der Waals surface area contributed by atoms with Gasteiger partial charge in [-0.1, -0.05) is 0 Å². The van der Waals surface area contributed by atoms with Crippen LogP contribution in [0.1, 0.15) is 24.8 Å². The fourth-order valence-corrected chi connectivity index (χ4v) is 3.29. The standard InChI is InChI=1S/C16H17F2N3O4/c17-16(18)4-3-15(24-5-6-25-15)8-12(16)10-20-14-7-13(21(22)23)2-1-11(14)9-19/h1-2,7,12,20H,3-6,8,10H2. The van der Waals surface area contributed by atoms with Gasteiger partial charge in [-0.25, -0.2) is 8.78 Å². The molecule has 1 aromatic carbocycles. The largest absolute Gasteiger partial charge is 0.383 e. The van der Waals surface area contributed by atoms with Crippen LogP contribution >= 0.6 is 0 Å². The summed E-state index contributed by atoms with van der Waals surface area (Å²) in [6, 6.07) is 5.57. The summed E-state index contributed by atoms with van der Waals surface area (Å²) in [5.41, 5.74) is 0.115. The lowest BCUT2D eigenvalue weighted by Gasteiger charge is -2.41. The first-order valence-electron chi connectivity index (χ1n) is 7.93. The Hall–Kier alpha value is -2.31. The minimum Gasteiger partial charge on any atom is -0.383 e. The van der Waals surface area contributed by atoms with E-state index in [1.54, 1.807) is 0 Å². The average Bonchev–Trinajstić information content (AvgIpc) is 3.04. The van der Waals surface area contributed by atoms with Gasteiger partial charge in [-0.05, 0) is 6.07 Å². The maximum absolute atomic E-state index is 14.3. The van der Waals surface area contributed by atoms with Crippen LogP contribution in [0.25, 0.3) is 0 Å². The van der Waals surface area contributed by atoms with Gasteiger partial charge in [0.15, 0.2) is 5.79 Å². The summed E-state index contributed by atoms with van der Waals surface area (Å²) in [4.78, 5) is 10.3. The van der Waals surface area contributed by atoms with Crippen LogP contribution in [0.15, 0.2) is 18.2 Å². The van der Waals surface area contributed by atoms with Crippen molar-refractivity contribution in [1.29, 1.82) is 5.26 Å². The minimum atomic E-state index is -2.90. The Morgan fingerprint density at radius 1 is 1.36 bits per heavy atom. The average molecular weight is 353 g/mol. The molecule has 1 aromatic rings. The number of hydrogen-bond donors (Lipinski definition) is 1. The highest BCUT2D eigenvalue weighted by atomic mass is 19.3. The van der Waals surface area contributed by atoms with Crippen molar-refractivity contribution in [1.82, 2.24) is 0 Å². The Kier molecular flexibility index (Phi) is 4.58. The molecular weight excluding hydrogens is 336 g/mol. The van der Waals surface area contributed by atoms with E-state index in [4.69, 9.17) is 14.7 Å². The van der Waals surface area contributed by atoms with Gasteiger partial charge >= 0.3 is 0 Å². The maximum atomic E-state index is 14.3. The van der Waals surface area contributed by atoms with Crippen LogP contribution in [-0.2, 0) is 9.47 Å². The zero-order valence-electron chi connectivity index (χ0n) is 13.3. The molecule has 1 N–H and O–H groups in total. The molecule has 0 amide bonds. The van der Waals surface area contributed by atoms with Gasteiger partial charge in [0, 0.05) is 43.9 Å². The lowest BCUT2D eigenvalue weighted by molar-refractivity contribution is -0.384. The summed E-state index contributed by atoms with van der Waals surface area (Å²) in [6.07, 6.45) is -0.181. The molecule has 2 aliphatic rings. The Balaban J connectivity index is 1.76. The van der Waals surface area contributed by atoms with E-state index in [-0.39, 0.29) is 42.7 Å². The van der Waals surface area contributed by atoms with Crippen LogP contribution in [-0.4, -0.2) is 36.4 Å². The predicted octanol–water partition coefficient (Wildman–Crippen LogP) is 3.06. The highest BCUT2D eigenvalue weighted by molar-refractivity contribution is 5.62. The number of nitro benzene ring substituents is 1. The lowest BCUT2D eigenvalue weighted by atomic mass is 9.81. The molecule has 3 rings (SSSR count). The van der Waals surface area contributed by atoms with Crippen LogP contribution in [0.3, 0.4) is 0 Å². The zero-order chi connectivity index (χ0) is 18.1. The SMILES string of the molecule is N#Cc1ccc([N+](=O)[O-])cc1NCC1CC2(CCC1(F)F)OCCO2. The fraction of sp³-hybridized carbons (Fsp3) is 0.562. The summed E-state index contributed by atoms with van der Waals surface area (Å²) in [6.45, 7) is 0.627. The van der Waals surface area contributed by atoms with Crippen molar-refractivity contribution in [3.05, 3.63) is 33.9 Å². The van der Waals surface area contributed by atoms with E-state index < -0.39 is 22.6 Å². The molecule has 1 saturated heterocycles. The number of nitriles is 1. The van der Waals surface area contributed by atoms with Crippen molar-refractivity contribution in [2.75, 3.05) is 25.1 Å². The van der Waals surface area contributed by atoms with Crippen molar-refractivity contribution < 1.29 is 23.2 Å². The molecule has 9 heteroatoms. The highest BCUT2D eigenvalue weighted by Gasteiger charge is 2.53. The molecule has 1 atom stereocenters. The molecule has 134 valence electrons. The van der Waals surface area contributed by atoms with Crippen LogP contribution in [0, 0.1) is 27.4 Å². The maximum Gasteiger partial charge on any atom is 0.271 e. The third-order valence-corrected chi connectivity index (χ3v) is 4.68. The van der Waals surface area contributed by atoms with Crippen molar-refractivity contribution in [3.8, 4) is 6.07 Å². The van der Waals surface area contributed by atoms with Crippen molar-refractivity contribution in [2.45, 2.75) is 31.0 Å². The molecule has 7 nitrogen and oxygen atoms in total. The predicted molar refractivity (Wildman–Crippen MR) is 83.2 cm³/mol.